The predicted molar refractivity (Wildman–Crippen MR) is 138 cm³/mol. The average Bonchev–Trinajstić information content (AvgIpc) is 3.24. The van der Waals surface area contributed by atoms with Crippen molar-refractivity contribution >= 4 is 40.4 Å². The van der Waals surface area contributed by atoms with Crippen molar-refractivity contribution in [2.75, 3.05) is 11.9 Å². The molecule has 11 nitrogen and oxygen atoms in total. The highest BCUT2D eigenvalue weighted by molar-refractivity contribution is 6.05. The first-order valence-corrected chi connectivity index (χ1v) is 12.4. The van der Waals surface area contributed by atoms with E-state index in [1.807, 2.05) is 11.8 Å². The zero-order valence-corrected chi connectivity index (χ0v) is 20.7. The van der Waals surface area contributed by atoms with Crippen LogP contribution in [0.4, 0.5) is 11.6 Å². The van der Waals surface area contributed by atoms with E-state index in [1.54, 1.807) is 22.8 Å². The fourth-order valence-corrected chi connectivity index (χ4v) is 4.87. The number of hydrogen-bond acceptors (Lipinski definition) is 6. The van der Waals surface area contributed by atoms with E-state index in [0.717, 1.165) is 25.7 Å². The summed E-state index contributed by atoms with van der Waals surface area (Å²) in [6.45, 7) is 2.75. The maximum absolute atomic E-state index is 13.4. The van der Waals surface area contributed by atoms with Crippen LogP contribution in [0.15, 0.2) is 42.5 Å². The molecule has 3 amide bonds. The molecule has 0 aliphatic heterocycles. The predicted octanol–water partition coefficient (Wildman–Crippen LogP) is 3.87. The fourth-order valence-electron chi connectivity index (χ4n) is 4.87. The van der Waals surface area contributed by atoms with Gasteiger partial charge in [0.2, 0.25) is 11.9 Å². The first-order chi connectivity index (χ1) is 17.8. The second kappa shape index (κ2) is 11.2. The Balaban J connectivity index is 1.66. The largest absolute Gasteiger partial charge is 0.370 e. The summed E-state index contributed by atoms with van der Waals surface area (Å²) in [7, 11) is 0. The minimum absolute atomic E-state index is 0.0110. The normalized spacial score (nSPS) is 13.9. The van der Waals surface area contributed by atoms with Crippen LogP contribution in [0, 0.1) is 10.1 Å². The first-order valence-electron chi connectivity index (χ1n) is 12.4. The van der Waals surface area contributed by atoms with E-state index in [2.05, 4.69) is 10.3 Å². The number of nitro groups is 1. The zero-order chi connectivity index (χ0) is 26.5. The smallest absolute Gasteiger partial charge is 0.270 e. The molecule has 0 atom stereocenters. The van der Waals surface area contributed by atoms with E-state index in [-0.39, 0.29) is 42.1 Å². The van der Waals surface area contributed by atoms with Crippen LogP contribution in [-0.2, 0) is 11.3 Å². The fraction of sp³-hybridized carbons (Fsp3) is 0.385. The lowest BCUT2D eigenvalue weighted by Crippen LogP contribution is -2.41. The number of carbonyl (C=O) groups excluding carboxylic acids is 3. The van der Waals surface area contributed by atoms with Crippen LogP contribution in [0.2, 0.25) is 0 Å². The highest BCUT2D eigenvalue weighted by atomic mass is 16.6. The number of non-ortho nitro benzene ring substituents is 1. The summed E-state index contributed by atoms with van der Waals surface area (Å²) in [6.07, 6.45) is 5.43. The van der Waals surface area contributed by atoms with Gasteiger partial charge in [-0.25, -0.2) is 4.98 Å². The number of imidazole rings is 1. The number of nitrogens with zero attached hydrogens (tertiary/aromatic N) is 4. The highest BCUT2D eigenvalue weighted by Crippen LogP contribution is 2.27. The van der Waals surface area contributed by atoms with Gasteiger partial charge in [-0.05, 0) is 44.0 Å². The Labute approximate surface area is 213 Å². The third-order valence-electron chi connectivity index (χ3n) is 6.74. The number of anilines is 1. The Hall–Kier alpha value is -4.28. The number of nitro benzene ring substituents is 1. The number of fused-ring (bicyclic) bond motifs is 1. The van der Waals surface area contributed by atoms with Gasteiger partial charge >= 0.3 is 0 Å². The summed E-state index contributed by atoms with van der Waals surface area (Å²) in [5.74, 6) is -1.03. The van der Waals surface area contributed by atoms with Crippen molar-refractivity contribution in [3.63, 3.8) is 0 Å². The number of hydrogen-bond donors (Lipinski definition) is 2. The molecule has 1 aliphatic rings. The number of primary amides is 1. The quantitative estimate of drug-likeness (QED) is 0.332. The Bertz CT molecular complexity index is 1340. The molecule has 0 unspecified atom stereocenters. The summed E-state index contributed by atoms with van der Waals surface area (Å²) < 4.78 is 1.64. The van der Waals surface area contributed by atoms with Crippen LogP contribution in [0.25, 0.3) is 11.0 Å². The molecule has 1 aliphatic carbocycles. The van der Waals surface area contributed by atoms with Gasteiger partial charge in [0.1, 0.15) is 0 Å². The van der Waals surface area contributed by atoms with E-state index in [1.165, 1.54) is 30.7 Å². The molecule has 1 heterocycles. The van der Waals surface area contributed by atoms with Crippen LogP contribution in [0.5, 0.6) is 0 Å². The number of amides is 3. The van der Waals surface area contributed by atoms with Gasteiger partial charge in [0.05, 0.1) is 16.0 Å². The SMILES string of the molecule is CCN(C(=O)c1ccc2c(c1)nc(NC(=O)c1cccc([N+](=O)[O-])c1)n2CCC(N)=O)C1CCCCC1. The number of nitrogens with two attached hydrogens (primary N) is 1. The van der Waals surface area contributed by atoms with Crippen LogP contribution in [0.1, 0.15) is 66.2 Å². The number of aryl methyl sites for hydroxylation is 1. The lowest BCUT2D eigenvalue weighted by atomic mass is 9.93. The van der Waals surface area contributed by atoms with Gasteiger partial charge in [0.25, 0.3) is 17.5 Å². The number of nitrogens with one attached hydrogen (secondary N) is 1. The van der Waals surface area contributed by atoms with Crippen molar-refractivity contribution in [1.29, 1.82) is 0 Å². The molecule has 3 N–H and O–H groups in total. The van der Waals surface area contributed by atoms with Gasteiger partial charge < -0.3 is 15.2 Å². The molecule has 11 heteroatoms. The Morgan fingerprint density at radius 1 is 1.14 bits per heavy atom. The Morgan fingerprint density at radius 2 is 1.89 bits per heavy atom. The number of rotatable bonds is 9. The van der Waals surface area contributed by atoms with Crippen molar-refractivity contribution in [2.24, 2.45) is 5.73 Å². The summed E-state index contributed by atoms with van der Waals surface area (Å²) >= 11 is 0. The van der Waals surface area contributed by atoms with Crippen molar-refractivity contribution in [1.82, 2.24) is 14.5 Å². The van der Waals surface area contributed by atoms with Crippen molar-refractivity contribution in [3.8, 4) is 0 Å². The van der Waals surface area contributed by atoms with Gasteiger partial charge in [-0.1, -0.05) is 25.3 Å². The van der Waals surface area contributed by atoms with E-state index < -0.39 is 16.7 Å². The number of aromatic nitrogens is 2. The lowest BCUT2D eigenvalue weighted by molar-refractivity contribution is -0.384. The topological polar surface area (TPSA) is 153 Å². The number of benzene rings is 2. The van der Waals surface area contributed by atoms with Gasteiger partial charge in [-0.15, -0.1) is 0 Å². The van der Waals surface area contributed by atoms with E-state index in [9.17, 15) is 24.5 Å². The lowest BCUT2D eigenvalue weighted by Gasteiger charge is -2.33. The molecule has 37 heavy (non-hydrogen) atoms. The van der Waals surface area contributed by atoms with Gasteiger partial charge in [-0.3, -0.25) is 29.8 Å². The summed E-state index contributed by atoms with van der Waals surface area (Å²) in [6, 6.07) is 10.7. The van der Waals surface area contributed by atoms with Crippen molar-refractivity contribution in [2.45, 2.75) is 58.0 Å². The average molecular weight is 507 g/mol. The number of carbonyl (C=O) groups is 3. The molecule has 0 radical (unpaired) electrons. The second-order valence-corrected chi connectivity index (χ2v) is 9.15. The zero-order valence-electron chi connectivity index (χ0n) is 20.7. The summed E-state index contributed by atoms with van der Waals surface area (Å²) in [4.78, 5) is 54.7. The van der Waals surface area contributed by atoms with Crippen molar-refractivity contribution in [3.05, 3.63) is 63.7 Å². The summed E-state index contributed by atoms with van der Waals surface area (Å²) in [5, 5.41) is 13.8. The van der Waals surface area contributed by atoms with Gasteiger partial charge in [0, 0.05) is 48.8 Å². The monoisotopic (exact) mass is 506 g/mol. The molecule has 4 rings (SSSR count). The highest BCUT2D eigenvalue weighted by Gasteiger charge is 2.26. The molecule has 0 saturated heterocycles. The molecule has 1 fully saturated rings. The van der Waals surface area contributed by atoms with E-state index in [0.29, 0.717) is 23.1 Å². The maximum Gasteiger partial charge on any atom is 0.270 e. The third-order valence-corrected chi connectivity index (χ3v) is 6.74. The minimum Gasteiger partial charge on any atom is -0.370 e. The maximum atomic E-state index is 13.4. The molecule has 0 bridgehead atoms. The Morgan fingerprint density at radius 3 is 2.57 bits per heavy atom. The van der Waals surface area contributed by atoms with Crippen LogP contribution >= 0.6 is 0 Å². The summed E-state index contributed by atoms with van der Waals surface area (Å²) in [5.41, 5.74) is 6.82. The van der Waals surface area contributed by atoms with Gasteiger partial charge in [0.15, 0.2) is 0 Å². The molecule has 1 aromatic heterocycles. The second-order valence-electron chi connectivity index (χ2n) is 9.15. The molecular weight excluding hydrogens is 476 g/mol. The van der Waals surface area contributed by atoms with Crippen LogP contribution in [-0.4, -0.2) is 49.7 Å². The first kappa shape index (κ1) is 25.8. The minimum atomic E-state index is -0.593. The molecule has 2 aromatic carbocycles. The molecular formula is C26H30N6O5. The van der Waals surface area contributed by atoms with E-state index in [4.69, 9.17) is 5.73 Å². The standard InChI is InChI=1S/C26H30N6O5/c1-2-30(19-8-4-3-5-9-19)25(35)18-11-12-22-21(16-18)28-26(31(22)14-13-23(27)33)29-24(34)17-7-6-10-20(15-17)32(36)37/h6-7,10-12,15-16,19H,2-5,8-9,13-14H2,1H3,(H2,27,33)(H,28,29,34). The molecule has 194 valence electrons. The van der Waals surface area contributed by atoms with Crippen molar-refractivity contribution < 1.29 is 19.3 Å². The van der Waals surface area contributed by atoms with E-state index >= 15 is 0 Å². The molecule has 0 spiro atoms. The van der Waals surface area contributed by atoms with Gasteiger partial charge in [-0.2, -0.15) is 0 Å². The Kier molecular flexibility index (Phi) is 7.80. The third kappa shape index (κ3) is 5.76. The molecule has 3 aromatic rings. The van der Waals surface area contributed by atoms with Crippen LogP contribution in [0.3, 0.4) is 0 Å². The molecule has 1 saturated carbocycles. The van der Waals surface area contributed by atoms with Crippen LogP contribution < -0.4 is 11.1 Å².